The van der Waals surface area contributed by atoms with E-state index in [1.807, 2.05) is 6.92 Å². The number of halogens is 2. The van der Waals surface area contributed by atoms with Gasteiger partial charge in [0.25, 0.3) is 0 Å². The number of anilines is 1. The molecule has 0 aromatic heterocycles. The molecular formula is C13H16Cl2N2O2. The van der Waals surface area contributed by atoms with Crippen molar-refractivity contribution in [3.63, 3.8) is 0 Å². The number of carbonyl (C=O) groups excluding carboxylic acids is 1. The first-order valence-corrected chi connectivity index (χ1v) is 6.94. The minimum Gasteiger partial charge on any atom is -0.379 e. The minimum absolute atomic E-state index is 0.0444. The molecular weight excluding hydrogens is 287 g/mol. The van der Waals surface area contributed by atoms with E-state index in [2.05, 4.69) is 10.6 Å². The van der Waals surface area contributed by atoms with Gasteiger partial charge in [-0.05, 0) is 24.7 Å². The Balaban J connectivity index is 2.06. The molecule has 2 N–H and O–H groups in total. The van der Waals surface area contributed by atoms with Crippen LogP contribution < -0.4 is 10.6 Å². The predicted octanol–water partition coefficient (Wildman–Crippen LogP) is 2.56. The van der Waals surface area contributed by atoms with E-state index in [1.165, 1.54) is 0 Å². The molecule has 0 spiro atoms. The van der Waals surface area contributed by atoms with Crippen LogP contribution in [0.4, 0.5) is 5.69 Å². The molecule has 0 aliphatic carbocycles. The monoisotopic (exact) mass is 302 g/mol. The maximum Gasteiger partial charge on any atom is 0.231 e. The van der Waals surface area contributed by atoms with E-state index in [0.29, 0.717) is 28.9 Å². The minimum atomic E-state index is -0.213. The average molecular weight is 303 g/mol. The second-order valence-electron chi connectivity index (χ2n) is 4.42. The summed E-state index contributed by atoms with van der Waals surface area (Å²) in [4.78, 5) is 12.2. The van der Waals surface area contributed by atoms with Crippen LogP contribution in [-0.2, 0) is 9.53 Å². The van der Waals surface area contributed by atoms with Crippen LogP contribution in [0.25, 0.3) is 0 Å². The predicted molar refractivity (Wildman–Crippen MR) is 76.9 cm³/mol. The standard InChI is InChI=1S/C13H16Cl2N2O2/c1-2-16-12-7-19-6-9(12)13(18)17-11-5-8(14)3-4-10(11)15/h3-5,9,12,16H,2,6-7H2,1H3,(H,17,18). The van der Waals surface area contributed by atoms with E-state index in [1.54, 1.807) is 18.2 Å². The third-order valence-electron chi connectivity index (χ3n) is 3.07. The fraction of sp³-hybridized carbons (Fsp3) is 0.462. The second-order valence-corrected chi connectivity index (χ2v) is 5.27. The molecule has 1 aromatic carbocycles. The Morgan fingerprint density at radius 2 is 2.21 bits per heavy atom. The molecule has 2 rings (SSSR count). The second kappa shape index (κ2) is 6.57. The van der Waals surface area contributed by atoms with Crippen LogP contribution in [-0.4, -0.2) is 31.7 Å². The number of amides is 1. The third kappa shape index (κ3) is 3.60. The number of carbonyl (C=O) groups is 1. The smallest absolute Gasteiger partial charge is 0.231 e. The number of likely N-dealkylation sites (N-methyl/N-ethyl adjacent to an activating group) is 1. The quantitative estimate of drug-likeness (QED) is 0.899. The molecule has 4 nitrogen and oxygen atoms in total. The fourth-order valence-electron chi connectivity index (χ4n) is 2.09. The molecule has 19 heavy (non-hydrogen) atoms. The van der Waals surface area contributed by atoms with Crippen molar-refractivity contribution in [1.82, 2.24) is 5.32 Å². The van der Waals surface area contributed by atoms with Gasteiger partial charge in [0, 0.05) is 11.1 Å². The molecule has 2 atom stereocenters. The Hall–Kier alpha value is -0.810. The fourth-order valence-corrected chi connectivity index (χ4v) is 2.43. The van der Waals surface area contributed by atoms with Gasteiger partial charge in [-0.2, -0.15) is 0 Å². The maximum atomic E-state index is 12.2. The van der Waals surface area contributed by atoms with Gasteiger partial charge in [0.2, 0.25) is 5.91 Å². The molecule has 1 aliphatic heterocycles. The van der Waals surface area contributed by atoms with Crippen molar-refractivity contribution >= 4 is 34.8 Å². The highest BCUT2D eigenvalue weighted by Gasteiger charge is 2.33. The first kappa shape index (κ1) is 14.6. The summed E-state index contributed by atoms with van der Waals surface area (Å²) in [7, 11) is 0. The molecule has 0 bridgehead atoms. The molecule has 1 fully saturated rings. The molecule has 2 unspecified atom stereocenters. The molecule has 1 saturated heterocycles. The summed E-state index contributed by atoms with van der Waals surface area (Å²) in [5.74, 6) is -0.317. The molecule has 1 heterocycles. The Labute approximate surface area is 122 Å². The Bertz CT molecular complexity index is 468. The molecule has 1 amide bonds. The van der Waals surface area contributed by atoms with Gasteiger partial charge in [-0.1, -0.05) is 30.1 Å². The summed E-state index contributed by atoms with van der Waals surface area (Å²) < 4.78 is 5.35. The number of benzene rings is 1. The zero-order chi connectivity index (χ0) is 13.8. The number of hydrogen-bond donors (Lipinski definition) is 2. The molecule has 104 valence electrons. The summed E-state index contributed by atoms with van der Waals surface area (Å²) in [6, 6.07) is 5.02. The molecule has 1 aromatic rings. The van der Waals surface area contributed by atoms with Crippen molar-refractivity contribution in [2.75, 3.05) is 25.1 Å². The van der Waals surface area contributed by atoms with Gasteiger partial charge in [-0.15, -0.1) is 0 Å². The van der Waals surface area contributed by atoms with Crippen LogP contribution >= 0.6 is 23.2 Å². The summed E-state index contributed by atoms with van der Waals surface area (Å²) in [5.41, 5.74) is 0.529. The van der Waals surface area contributed by atoms with Crippen molar-refractivity contribution in [2.24, 2.45) is 5.92 Å². The molecule has 0 saturated carbocycles. The van der Waals surface area contributed by atoms with E-state index in [-0.39, 0.29) is 17.9 Å². The number of ether oxygens (including phenoxy) is 1. The van der Waals surface area contributed by atoms with Crippen molar-refractivity contribution in [3.05, 3.63) is 28.2 Å². The Morgan fingerprint density at radius 3 is 2.95 bits per heavy atom. The van der Waals surface area contributed by atoms with Gasteiger partial charge in [0.05, 0.1) is 29.8 Å². The summed E-state index contributed by atoms with van der Waals surface area (Å²) in [6.45, 7) is 3.77. The summed E-state index contributed by atoms with van der Waals surface area (Å²) >= 11 is 11.9. The van der Waals surface area contributed by atoms with Crippen molar-refractivity contribution < 1.29 is 9.53 Å². The highest BCUT2D eigenvalue weighted by molar-refractivity contribution is 6.35. The van der Waals surface area contributed by atoms with Gasteiger partial charge in [-0.3, -0.25) is 4.79 Å². The molecule has 0 radical (unpaired) electrons. The van der Waals surface area contributed by atoms with Crippen LogP contribution in [0.5, 0.6) is 0 Å². The topological polar surface area (TPSA) is 50.4 Å². The van der Waals surface area contributed by atoms with Crippen LogP contribution in [0, 0.1) is 5.92 Å². The molecule has 6 heteroatoms. The van der Waals surface area contributed by atoms with E-state index < -0.39 is 0 Å². The Morgan fingerprint density at radius 1 is 1.42 bits per heavy atom. The van der Waals surface area contributed by atoms with Gasteiger partial charge in [0.15, 0.2) is 0 Å². The highest BCUT2D eigenvalue weighted by atomic mass is 35.5. The van der Waals surface area contributed by atoms with Gasteiger partial charge < -0.3 is 15.4 Å². The SMILES string of the molecule is CCNC1COCC1C(=O)Nc1cc(Cl)ccc1Cl. The van der Waals surface area contributed by atoms with Crippen molar-refractivity contribution in [1.29, 1.82) is 0 Å². The van der Waals surface area contributed by atoms with Gasteiger partial charge >= 0.3 is 0 Å². The third-order valence-corrected chi connectivity index (χ3v) is 3.63. The lowest BCUT2D eigenvalue weighted by atomic mass is 10.0. The van der Waals surface area contributed by atoms with Gasteiger partial charge in [-0.25, -0.2) is 0 Å². The average Bonchev–Trinajstić information content (AvgIpc) is 2.82. The number of hydrogen-bond acceptors (Lipinski definition) is 3. The van der Waals surface area contributed by atoms with Crippen molar-refractivity contribution in [3.8, 4) is 0 Å². The largest absolute Gasteiger partial charge is 0.379 e. The summed E-state index contributed by atoms with van der Waals surface area (Å²) in [6.07, 6.45) is 0. The molecule has 1 aliphatic rings. The first-order chi connectivity index (χ1) is 9.11. The van der Waals surface area contributed by atoms with E-state index in [0.717, 1.165) is 6.54 Å². The summed E-state index contributed by atoms with van der Waals surface area (Å²) in [5, 5.41) is 7.05. The first-order valence-electron chi connectivity index (χ1n) is 6.19. The van der Waals surface area contributed by atoms with E-state index in [9.17, 15) is 4.79 Å². The normalized spacial score (nSPS) is 22.5. The van der Waals surface area contributed by atoms with E-state index >= 15 is 0 Å². The lowest BCUT2D eigenvalue weighted by Gasteiger charge is -2.18. The van der Waals surface area contributed by atoms with Crippen LogP contribution in [0.1, 0.15) is 6.92 Å². The van der Waals surface area contributed by atoms with E-state index in [4.69, 9.17) is 27.9 Å². The van der Waals surface area contributed by atoms with Crippen LogP contribution in [0.3, 0.4) is 0 Å². The lowest BCUT2D eigenvalue weighted by Crippen LogP contribution is -2.41. The zero-order valence-corrected chi connectivity index (χ0v) is 12.1. The number of rotatable bonds is 4. The highest BCUT2D eigenvalue weighted by Crippen LogP contribution is 2.26. The lowest BCUT2D eigenvalue weighted by molar-refractivity contribution is -0.120. The van der Waals surface area contributed by atoms with Crippen LogP contribution in [0.2, 0.25) is 10.0 Å². The number of nitrogens with one attached hydrogen (secondary N) is 2. The maximum absolute atomic E-state index is 12.2. The van der Waals surface area contributed by atoms with Crippen molar-refractivity contribution in [2.45, 2.75) is 13.0 Å². The van der Waals surface area contributed by atoms with Crippen LogP contribution in [0.15, 0.2) is 18.2 Å². The Kier molecular flexibility index (Phi) is 5.05. The zero-order valence-electron chi connectivity index (χ0n) is 10.6. The van der Waals surface area contributed by atoms with Gasteiger partial charge in [0.1, 0.15) is 0 Å².